The van der Waals surface area contributed by atoms with E-state index in [-0.39, 0.29) is 5.41 Å². The second kappa shape index (κ2) is 5.82. The summed E-state index contributed by atoms with van der Waals surface area (Å²) in [4.78, 5) is 0. The lowest BCUT2D eigenvalue weighted by atomic mass is 10.0. The number of nitrogens with two attached hydrogens (primary N) is 1. The molecule has 1 aromatic rings. The standard InChI is InChI=1S/C14H20BrN3O/c1-2-10-7-11(15)3-4-12(10)17-9-14(5-6-14)8-13(16)18-19/h3-4,7,17,19H,2,5-6,8-9H2,1H3,(H2,16,18). The summed E-state index contributed by atoms with van der Waals surface area (Å²) < 4.78 is 1.10. The van der Waals surface area contributed by atoms with Crippen molar-refractivity contribution in [3.05, 3.63) is 28.2 Å². The quantitative estimate of drug-likeness (QED) is 0.325. The van der Waals surface area contributed by atoms with Crippen LogP contribution in [-0.4, -0.2) is 17.6 Å². The molecule has 2 rings (SSSR count). The van der Waals surface area contributed by atoms with Crippen molar-refractivity contribution in [2.24, 2.45) is 16.3 Å². The minimum atomic E-state index is 0.175. The molecule has 1 aromatic carbocycles. The van der Waals surface area contributed by atoms with Gasteiger partial charge in [-0.05, 0) is 48.4 Å². The SMILES string of the molecule is CCc1cc(Br)ccc1NCC1(C/C(N)=N/O)CC1. The van der Waals surface area contributed by atoms with Crippen LogP contribution in [0, 0.1) is 5.41 Å². The van der Waals surface area contributed by atoms with Gasteiger partial charge in [-0.3, -0.25) is 0 Å². The summed E-state index contributed by atoms with van der Waals surface area (Å²) in [5.74, 6) is 0.325. The average molecular weight is 326 g/mol. The minimum absolute atomic E-state index is 0.175. The van der Waals surface area contributed by atoms with Gasteiger partial charge >= 0.3 is 0 Å². The Labute approximate surface area is 122 Å². The van der Waals surface area contributed by atoms with Crippen molar-refractivity contribution in [2.75, 3.05) is 11.9 Å². The van der Waals surface area contributed by atoms with Crippen LogP contribution >= 0.6 is 15.9 Å². The number of amidine groups is 1. The van der Waals surface area contributed by atoms with Gasteiger partial charge in [0.25, 0.3) is 0 Å². The van der Waals surface area contributed by atoms with E-state index < -0.39 is 0 Å². The fourth-order valence-electron chi connectivity index (χ4n) is 2.32. The molecule has 0 amide bonds. The Hall–Kier alpha value is -1.23. The molecular weight excluding hydrogens is 306 g/mol. The normalized spacial score (nSPS) is 17.3. The van der Waals surface area contributed by atoms with Gasteiger partial charge in [0.2, 0.25) is 0 Å². The van der Waals surface area contributed by atoms with E-state index in [1.54, 1.807) is 0 Å². The van der Waals surface area contributed by atoms with Gasteiger partial charge in [0.15, 0.2) is 0 Å². The molecule has 0 bridgehead atoms. The summed E-state index contributed by atoms with van der Waals surface area (Å²) in [5.41, 5.74) is 8.26. The fourth-order valence-corrected chi connectivity index (χ4v) is 2.73. The third kappa shape index (κ3) is 3.62. The fraction of sp³-hybridized carbons (Fsp3) is 0.500. The second-order valence-corrected chi connectivity index (χ2v) is 6.19. The first-order valence-electron chi connectivity index (χ1n) is 6.57. The van der Waals surface area contributed by atoms with Crippen molar-refractivity contribution in [1.29, 1.82) is 0 Å². The highest BCUT2D eigenvalue weighted by Crippen LogP contribution is 2.48. The van der Waals surface area contributed by atoms with Gasteiger partial charge in [-0.1, -0.05) is 28.0 Å². The largest absolute Gasteiger partial charge is 0.409 e. The van der Waals surface area contributed by atoms with E-state index in [2.05, 4.69) is 45.5 Å². The Morgan fingerprint density at radius 2 is 2.26 bits per heavy atom. The number of hydrogen-bond acceptors (Lipinski definition) is 3. The first-order valence-corrected chi connectivity index (χ1v) is 7.36. The number of oxime groups is 1. The van der Waals surface area contributed by atoms with Crippen LogP contribution in [-0.2, 0) is 6.42 Å². The van der Waals surface area contributed by atoms with Crippen LogP contribution in [0.5, 0.6) is 0 Å². The maximum Gasteiger partial charge on any atom is 0.139 e. The Morgan fingerprint density at radius 3 is 2.84 bits per heavy atom. The molecule has 5 heteroatoms. The van der Waals surface area contributed by atoms with Crippen molar-refractivity contribution in [2.45, 2.75) is 32.6 Å². The topological polar surface area (TPSA) is 70.6 Å². The van der Waals surface area contributed by atoms with Crippen LogP contribution in [0.25, 0.3) is 0 Å². The first-order chi connectivity index (χ1) is 9.08. The molecule has 4 N–H and O–H groups in total. The Morgan fingerprint density at radius 1 is 1.53 bits per heavy atom. The van der Waals surface area contributed by atoms with Gasteiger partial charge in [0.05, 0.1) is 0 Å². The summed E-state index contributed by atoms with van der Waals surface area (Å²) >= 11 is 3.49. The Bertz CT molecular complexity index is 484. The van der Waals surface area contributed by atoms with Crippen LogP contribution in [0.2, 0.25) is 0 Å². The van der Waals surface area contributed by atoms with Gasteiger partial charge in [0.1, 0.15) is 5.84 Å². The van der Waals surface area contributed by atoms with Crippen LogP contribution < -0.4 is 11.1 Å². The highest BCUT2D eigenvalue weighted by atomic mass is 79.9. The molecule has 0 spiro atoms. The van der Waals surface area contributed by atoms with Crippen molar-refractivity contribution in [3.63, 3.8) is 0 Å². The third-order valence-corrected chi connectivity index (χ3v) is 4.24. The monoisotopic (exact) mass is 325 g/mol. The zero-order valence-corrected chi connectivity index (χ0v) is 12.7. The molecule has 0 saturated heterocycles. The zero-order chi connectivity index (χ0) is 13.9. The number of hydrogen-bond donors (Lipinski definition) is 3. The Balaban J connectivity index is 1.99. The number of benzene rings is 1. The highest BCUT2D eigenvalue weighted by Gasteiger charge is 2.43. The van der Waals surface area contributed by atoms with E-state index in [9.17, 15) is 0 Å². The second-order valence-electron chi connectivity index (χ2n) is 5.28. The lowest BCUT2D eigenvalue weighted by Crippen LogP contribution is -2.24. The molecule has 0 unspecified atom stereocenters. The zero-order valence-electron chi connectivity index (χ0n) is 11.1. The molecule has 0 atom stereocenters. The molecule has 4 nitrogen and oxygen atoms in total. The smallest absolute Gasteiger partial charge is 0.139 e. The number of anilines is 1. The van der Waals surface area contributed by atoms with Gasteiger partial charge in [-0.2, -0.15) is 0 Å². The van der Waals surface area contributed by atoms with Crippen LogP contribution in [0.3, 0.4) is 0 Å². The van der Waals surface area contributed by atoms with E-state index in [1.807, 2.05) is 6.07 Å². The summed E-state index contributed by atoms with van der Waals surface area (Å²) in [6, 6.07) is 6.29. The molecule has 1 saturated carbocycles. The van der Waals surface area contributed by atoms with Gasteiger partial charge in [-0.15, -0.1) is 0 Å². The van der Waals surface area contributed by atoms with E-state index >= 15 is 0 Å². The summed E-state index contributed by atoms with van der Waals surface area (Å²) in [5, 5.41) is 15.2. The predicted molar refractivity (Wildman–Crippen MR) is 81.7 cm³/mol. The van der Waals surface area contributed by atoms with Gasteiger partial charge < -0.3 is 16.3 Å². The number of nitrogens with zero attached hydrogens (tertiary/aromatic N) is 1. The molecule has 1 aliphatic rings. The summed E-state index contributed by atoms with van der Waals surface area (Å²) in [6.45, 7) is 3.02. The van der Waals surface area contributed by atoms with Gasteiger partial charge in [0, 0.05) is 23.1 Å². The van der Waals surface area contributed by atoms with E-state index in [0.717, 1.165) is 30.3 Å². The van der Waals surface area contributed by atoms with Crippen molar-refractivity contribution < 1.29 is 5.21 Å². The van der Waals surface area contributed by atoms with Crippen molar-refractivity contribution in [1.82, 2.24) is 0 Å². The molecule has 1 fully saturated rings. The molecule has 104 valence electrons. The van der Waals surface area contributed by atoms with E-state index in [4.69, 9.17) is 10.9 Å². The average Bonchev–Trinajstić information content (AvgIpc) is 3.17. The van der Waals surface area contributed by atoms with E-state index in [0.29, 0.717) is 12.3 Å². The lowest BCUT2D eigenvalue weighted by Gasteiger charge is -2.18. The lowest BCUT2D eigenvalue weighted by molar-refractivity contribution is 0.315. The minimum Gasteiger partial charge on any atom is -0.409 e. The van der Waals surface area contributed by atoms with Gasteiger partial charge in [-0.25, -0.2) is 0 Å². The molecule has 0 radical (unpaired) electrons. The van der Waals surface area contributed by atoms with Crippen LogP contribution in [0.1, 0.15) is 31.7 Å². The molecular formula is C14H20BrN3O. The molecule has 1 aliphatic carbocycles. The maximum atomic E-state index is 8.66. The summed E-state index contributed by atoms with van der Waals surface area (Å²) in [6.07, 6.45) is 3.92. The Kier molecular flexibility index (Phi) is 4.34. The summed E-state index contributed by atoms with van der Waals surface area (Å²) in [7, 11) is 0. The third-order valence-electron chi connectivity index (χ3n) is 3.74. The highest BCUT2D eigenvalue weighted by molar-refractivity contribution is 9.10. The number of rotatable bonds is 6. The number of nitrogens with one attached hydrogen (secondary N) is 1. The first kappa shape index (κ1) is 14.2. The maximum absolute atomic E-state index is 8.66. The van der Waals surface area contributed by atoms with E-state index in [1.165, 1.54) is 11.3 Å². The van der Waals surface area contributed by atoms with Crippen LogP contribution in [0.15, 0.2) is 27.8 Å². The predicted octanol–water partition coefficient (Wildman–Crippen LogP) is 3.34. The molecule has 0 heterocycles. The van der Waals surface area contributed by atoms with Crippen LogP contribution in [0.4, 0.5) is 5.69 Å². The van der Waals surface area contributed by atoms with Crippen molar-refractivity contribution in [3.8, 4) is 0 Å². The molecule has 0 aromatic heterocycles. The number of aryl methyl sites for hydroxylation is 1. The molecule has 0 aliphatic heterocycles. The van der Waals surface area contributed by atoms with Crippen molar-refractivity contribution >= 4 is 27.5 Å². The number of halogens is 1. The molecule has 19 heavy (non-hydrogen) atoms.